The Morgan fingerprint density at radius 1 is 1.11 bits per heavy atom. The molecule has 1 amide bonds. The largest absolute Gasteiger partial charge is 0.352 e. The number of sulfonamides is 1. The minimum atomic E-state index is -3.44. The number of nitrogens with one attached hydrogen (secondary N) is 1. The van der Waals surface area contributed by atoms with Crippen LogP contribution in [-0.2, 0) is 27.8 Å². The molecule has 0 unspecified atom stereocenters. The van der Waals surface area contributed by atoms with Gasteiger partial charge in [0.15, 0.2) is 0 Å². The maximum Gasteiger partial charge on any atom is 0.232 e. The first-order valence-electron chi connectivity index (χ1n) is 8.88. The van der Waals surface area contributed by atoms with E-state index < -0.39 is 10.0 Å². The maximum absolute atomic E-state index is 13.5. The predicted molar refractivity (Wildman–Crippen MR) is 105 cm³/mol. The van der Waals surface area contributed by atoms with Gasteiger partial charge in [0, 0.05) is 25.1 Å². The molecule has 0 bridgehead atoms. The molecule has 0 aliphatic carbocycles. The second-order valence-electron chi connectivity index (χ2n) is 6.33. The van der Waals surface area contributed by atoms with E-state index in [2.05, 4.69) is 5.32 Å². The van der Waals surface area contributed by atoms with E-state index in [9.17, 15) is 17.6 Å². The number of nitrogens with zero attached hydrogens (tertiary/aromatic N) is 1. The number of carbonyl (C=O) groups excluding carboxylic acids is 1. The third kappa shape index (κ3) is 6.36. The van der Waals surface area contributed by atoms with Crippen LogP contribution in [0, 0.1) is 5.82 Å². The summed E-state index contributed by atoms with van der Waals surface area (Å²) in [5.41, 5.74) is 2.13. The SMILES string of the molecule is CCc1ccc(N(CCCC(=O)NCc2ccccc2F)S(C)(=O)=O)cc1. The van der Waals surface area contributed by atoms with Crippen molar-refractivity contribution in [2.75, 3.05) is 17.1 Å². The topological polar surface area (TPSA) is 66.5 Å². The van der Waals surface area contributed by atoms with Gasteiger partial charge < -0.3 is 5.32 Å². The number of amides is 1. The summed E-state index contributed by atoms with van der Waals surface area (Å²) in [7, 11) is -3.44. The Hall–Kier alpha value is -2.41. The molecule has 2 rings (SSSR count). The van der Waals surface area contributed by atoms with E-state index in [-0.39, 0.29) is 31.2 Å². The molecule has 0 heterocycles. The summed E-state index contributed by atoms with van der Waals surface area (Å²) in [5.74, 6) is -0.607. The van der Waals surface area contributed by atoms with Gasteiger partial charge in [-0.2, -0.15) is 0 Å². The molecule has 0 aliphatic rings. The van der Waals surface area contributed by atoms with Crippen molar-refractivity contribution < 1.29 is 17.6 Å². The second-order valence-corrected chi connectivity index (χ2v) is 8.23. The van der Waals surface area contributed by atoms with Gasteiger partial charge in [0.2, 0.25) is 15.9 Å². The molecule has 7 heteroatoms. The number of aryl methyl sites for hydroxylation is 1. The van der Waals surface area contributed by atoms with E-state index in [1.807, 2.05) is 19.1 Å². The average molecular weight is 392 g/mol. The van der Waals surface area contributed by atoms with Crippen molar-refractivity contribution in [1.82, 2.24) is 5.32 Å². The fourth-order valence-corrected chi connectivity index (χ4v) is 3.66. The normalized spacial score (nSPS) is 11.2. The number of hydrogen-bond donors (Lipinski definition) is 1. The Morgan fingerprint density at radius 3 is 2.37 bits per heavy atom. The molecule has 0 aliphatic heterocycles. The lowest BCUT2D eigenvalue weighted by molar-refractivity contribution is -0.121. The van der Waals surface area contributed by atoms with Crippen molar-refractivity contribution in [2.45, 2.75) is 32.7 Å². The molecule has 0 saturated heterocycles. The van der Waals surface area contributed by atoms with E-state index >= 15 is 0 Å². The van der Waals surface area contributed by atoms with Crippen LogP contribution in [-0.4, -0.2) is 27.1 Å². The molecule has 1 N–H and O–H groups in total. The number of halogens is 1. The van der Waals surface area contributed by atoms with Crippen LogP contribution in [0.2, 0.25) is 0 Å². The number of hydrogen-bond acceptors (Lipinski definition) is 3. The highest BCUT2D eigenvalue weighted by Crippen LogP contribution is 2.19. The Bertz CT molecular complexity index is 867. The molecule has 0 radical (unpaired) electrons. The van der Waals surface area contributed by atoms with Crippen molar-refractivity contribution in [3.05, 3.63) is 65.5 Å². The minimum absolute atomic E-state index is 0.111. The molecular formula is C20H25FN2O3S. The van der Waals surface area contributed by atoms with Gasteiger partial charge in [-0.05, 0) is 36.6 Å². The summed E-state index contributed by atoms with van der Waals surface area (Å²) in [4.78, 5) is 12.0. The molecular weight excluding hydrogens is 367 g/mol. The smallest absolute Gasteiger partial charge is 0.232 e. The van der Waals surface area contributed by atoms with E-state index in [0.29, 0.717) is 17.7 Å². The standard InChI is InChI=1S/C20H25FN2O3S/c1-3-16-10-12-18(13-11-16)23(27(2,25)26)14-6-9-20(24)22-15-17-7-4-5-8-19(17)21/h4-5,7-8,10-13H,3,6,9,14-15H2,1-2H3,(H,22,24). The van der Waals surface area contributed by atoms with Crippen LogP contribution in [0.15, 0.2) is 48.5 Å². The van der Waals surface area contributed by atoms with Gasteiger partial charge >= 0.3 is 0 Å². The Balaban J connectivity index is 1.89. The van der Waals surface area contributed by atoms with E-state index in [0.717, 1.165) is 18.2 Å². The highest BCUT2D eigenvalue weighted by molar-refractivity contribution is 7.92. The maximum atomic E-state index is 13.5. The first-order valence-corrected chi connectivity index (χ1v) is 10.7. The van der Waals surface area contributed by atoms with Crippen molar-refractivity contribution >= 4 is 21.6 Å². The monoisotopic (exact) mass is 392 g/mol. The van der Waals surface area contributed by atoms with Gasteiger partial charge in [-0.15, -0.1) is 0 Å². The van der Waals surface area contributed by atoms with Crippen LogP contribution in [0.5, 0.6) is 0 Å². The van der Waals surface area contributed by atoms with Crippen LogP contribution in [0.3, 0.4) is 0 Å². The predicted octanol–water partition coefficient (Wildman–Crippen LogP) is 3.25. The zero-order valence-electron chi connectivity index (χ0n) is 15.6. The van der Waals surface area contributed by atoms with E-state index in [4.69, 9.17) is 0 Å². The summed E-state index contributed by atoms with van der Waals surface area (Å²) in [5, 5.41) is 2.66. The average Bonchev–Trinajstić information content (AvgIpc) is 2.64. The third-order valence-corrected chi connectivity index (χ3v) is 5.43. The molecule has 2 aromatic carbocycles. The minimum Gasteiger partial charge on any atom is -0.352 e. The zero-order chi connectivity index (χ0) is 19.9. The highest BCUT2D eigenvalue weighted by Gasteiger charge is 2.17. The van der Waals surface area contributed by atoms with E-state index in [1.54, 1.807) is 30.3 Å². The fourth-order valence-electron chi connectivity index (χ4n) is 2.69. The van der Waals surface area contributed by atoms with E-state index in [1.165, 1.54) is 10.4 Å². The molecule has 0 aromatic heterocycles. The molecule has 146 valence electrons. The number of benzene rings is 2. The van der Waals surface area contributed by atoms with Gasteiger partial charge in [-0.25, -0.2) is 12.8 Å². The van der Waals surface area contributed by atoms with Gasteiger partial charge in [0.25, 0.3) is 0 Å². The van der Waals surface area contributed by atoms with Crippen molar-refractivity contribution in [3.63, 3.8) is 0 Å². The molecule has 0 atom stereocenters. The molecule has 2 aromatic rings. The van der Waals surface area contributed by atoms with Gasteiger partial charge in [-0.3, -0.25) is 9.10 Å². The second kappa shape index (κ2) is 9.50. The van der Waals surface area contributed by atoms with Crippen molar-refractivity contribution in [1.29, 1.82) is 0 Å². The molecule has 0 fully saturated rings. The summed E-state index contributed by atoms with van der Waals surface area (Å²) in [6, 6.07) is 13.6. The Kier molecular flexibility index (Phi) is 7.36. The van der Waals surface area contributed by atoms with Gasteiger partial charge in [-0.1, -0.05) is 37.3 Å². The van der Waals surface area contributed by atoms with Crippen LogP contribution >= 0.6 is 0 Å². The first kappa shape index (κ1) is 20.9. The molecule has 5 nitrogen and oxygen atoms in total. The van der Waals surface area contributed by atoms with Crippen LogP contribution in [0.4, 0.5) is 10.1 Å². The number of rotatable bonds is 9. The fraction of sp³-hybridized carbons (Fsp3) is 0.350. The molecule has 0 saturated carbocycles. The third-order valence-electron chi connectivity index (χ3n) is 4.23. The number of carbonyl (C=O) groups is 1. The Morgan fingerprint density at radius 2 is 1.78 bits per heavy atom. The zero-order valence-corrected chi connectivity index (χ0v) is 16.4. The summed E-state index contributed by atoms with van der Waals surface area (Å²) >= 11 is 0. The van der Waals surface area contributed by atoms with Gasteiger partial charge in [0.1, 0.15) is 5.82 Å². The highest BCUT2D eigenvalue weighted by atomic mass is 32.2. The van der Waals surface area contributed by atoms with Gasteiger partial charge in [0.05, 0.1) is 11.9 Å². The summed E-state index contributed by atoms with van der Waals surface area (Å²) in [6.45, 7) is 2.35. The van der Waals surface area contributed by atoms with Crippen LogP contribution in [0.25, 0.3) is 0 Å². The summed E-state index contributed by atoms with van der Waals surface area (Å²) in [6.07, 6.45) is 2.56. The van der Waals surface area contributed by atoms with Crippen molar-refractivity contribution in [2.24, 2.45) is 0 Å². The first-order chi connectivity index (χ1) is 12.8. The molecule has 0 spiro atoms. The number of anilines is 1. The van der Waals surface area contributed by atoms with Crippen LogP contribution < -0.4 is 9.62 Å². The summed E-state index contributed by atoms with van der Waals surface area (Å²) < 4.78 is 39.0. The lowest BCUT2D eigenvalue weighted by Gasteiger charge is -2.22. The van der Waals surface area contributed by atoms with Crippen LogP contribution in [0.1, 0.15) is 30.9 Å². The quantitative estimate of drug-likeness (QED) is 0.712. The lowest BCUT2D eigenvalue weighted by Crippen LogP contribution is -2.32. The molecule has 27 heavy (non-hydrogen) atoms. The Labute approximate surface area is 160 Å². The van der Waals surface area contributed by atoms with Crippen molar-refractivity contribution in [3.8, 4) is 0 Å². The lowest BCUT2D eigenvalue weighted by atomic mass is 10.1.